The summed E-state index contributed by atoms with van der Waals surface area (Å²) in [7, 11) is -4.15. The lowest BCUT2D eigenvalue weighted by Crippen LogP contribution is -2.35. The van der Waals surface area contributed by atoms with Gasteiger partial charge in [0, 0.05) is 36.3 Å². The lowest BCUT2D eigenvalue weighted by Gasteiger charge is -2.21. The summed E-state index contributed by atoms with van der Waals surface area (Å²) in [6.45, 7) is 2.53. The van der Waals surface area contributed by atoms with Crippen LogP contribution in [0.25, 0.3) is 22.0 Å². The summed E-state index contributed by atoms with van der Waals surface area (Å²) in [6, 6.07) is 8.90. The molecule has 166 valence electrons. The summed E-state index contributed by atoms with van der Waals surface area (Å²) in [6.07, 6.45) is 5.96. The third-order valence-electron chi connectivity index (χ3n) is 6.01. The number of aromatic amines is 1. The number of sulfonamides is 1. The summed E-state index contributed by atoms with van der Waals surface area (Å²) in [5.74, 6) is -2.52. The molecule has 0 aliphatic carbocycles. The predicted octanol–water partition coefficient (Wildman–Crippen LogP) is 3.80. The predicted molar refractivity (Wildman–Crippen MR) is 115 cm³/mol. The Morgan fingerprint density at radius 1 is 1.16 bits per heavy atom. The number of hydrogen-bond acceptors (Lipinski definition) is 4. The highest BCUT2D eigenvalue weighted by Gasteiger charge is 2.39. The average Bonchev–Trinajstić information content (AvgIpc) is 3.50. The van der Waals surface area contributed by atoms with Crippen molar-refractivity contribution >= 4 is 20.9 Å². The molecule has 0 saturated carbocycles. The summed E-state index contributed by atoms with van der Waals surface area (Å²) < 4.78 is 57.0. The van der Waals surface area contributed by atoms with Gasteiger partial charge in [0.1, 0.15) is 4.90 Å². The number of aromatic nitrogens is 4. The fourth-order valence-corrected chi connectivity index (χ4v) is 6.25. The molecule has 7 nitrogen and oxygen atoms in total. The van der Waals surface area contributed by atoms with Gasteiger partial charge in [-0.05, 0) is 49.1 Å². The van der Waals surface area contributed by atoms with Crippen molar-refractivity contribution in [3.05, 3.63) is 66.6 Å². The van der Waals surface area contributed by atoms with Gasteiger partial charge in [0.2, 0.25) is 10.0 Å². The van der Waals surface area contributed by atoms with Crippen LogP contribution in [0.4, 0.5) is 8.78 Å². The van der Waals surface area contributed by atoms with Crippen molar-refractivity contribution in [3.63, 3.8) is 0 Å². The molecular formula is C22H21F2N5O2S. The first-order valence-corrected chi connectivity index (χ1v) is 11.7. The van der Waals surface area contributed by atoms with Crippen molar-refractivity contribution in [1.82, 2.24) is 24.3 Å². The van der Waals surface area contributed by atoms with Gasteiger partial charge >= 0.3 is 0 Å². The Kier molecular flexibility index (Phi) is 5.06. The van der Waals surface area contributed by atoms with E-state index in [2.05, 4.69) is 15.3 Å². The second-order valence-electron chi connectivity index (χ2n) is 8.16. The highest BCUT2D eigenvalue weighted by Crippen LogP contribution is 2.32. The second kappa shape index (κ2) is 7.79. The highest BCUT2D eigenvalue weighted by molar-refractivity contribution is 7.89. The van der Waals surface area contributed by atoms with Gasteiger partial charge in [0.05, 0.1) is 17.9 Å². The van der Waals surface area contributed by atoms with Crippen molar-refractivity contribution < 1.29 is 17.2 Å². The minimum Gasteiger partial charge on any atom is -0.285 e. The van der Waals surface area contributed by atoms with E-state index in [0.29, 0.717) is 13.0 Å². The molecule has 1 aliphatic rings. The number of hydrogen-bond donors (Lipinski definition) is 1. The molecule has 0 amide bonds. The fourth-order valence-electron chi connectivity index (χ4n) is 4.45. The SMILES string of the molecule is C[C@H]1CC(Cn2ncc3cc(-c4cn[nH]c4)ccc32)CN1S(=O)(=O)c1cccc(F)c1F. The Bertz CT molecular complexity index is 1380. The van der Waals surface area contributed by atoms with Crippen molar-refractivity contribution in [3.8, 4) is 11.1 Å². The van der Waals surface area contributed by atoms with Crippen LogP contribution in [0.2, 0.25) is 0 Å². The van der Waals surface area contributed by atoms with E-state index in [9.17, 15) is 17.2 Å². The number of fused-ring (bicyclic) bond motifs is 1. The van der Waals surface area contributed by atoms with Crippen LogP contribution in [0.1, 0.15) is 13.3 Å². The van der Waals surface area contributed by atoms with E-state index >= 15 is 0 Å². The molecule has 1 fully saturated rings. The number of nitrogens with one attached hydrogen (secondary N) is 1. The van der Waals surface area contributed by atoms with Gasteiger partial charge in [-0.25, -0.2) is 17.2 Å². The third kappa shape index (κ3) is 3.49. The van der Waals surface area contributed by atoms with Gasteiger partial charge in [-0.3, -0.25) is 9.78 Å². The van der Waals surface area contributed by atoms with Gasteiger partial charge in [0.25, 0.3) is 0 Å². The number of rotatable bonds is 5. The third-order valence-corrected chi connectivity index (χ3v) is 8.01. The Labute approximate surface area is 183 Å². The Morgan fingerprint density at radius 2 is 2.00 bits per heavy atom. The minimum absolute atomic E-state index is 0.00644. The summed E-state index contributed by atoms with van der Waals surface area (Å²) in [4.78, 5) is -0.624. The summed E-state index contributed by atoms with van der Waals surface area (Å²) >= 11 is 0. The average molecular weight is 458 g/mol. The second-order valence-corrected chi connectivity index (χ2v) is 10.0. The Hall–Kier alpha value is -3.11. The van der Waals surface area contributed by atoms with Crippen molar-refractivity contribution in [2.45, 2.75) is 30.8 Å². The summed E-state index contributed by atoms with van der Waals surface area (Å²) in [5.41, 5.74) is 2.95. The Balaban J connectivity index is 1.37. The van der Waals surface area contributed by atoms with Crippen molar-refractivity contribution in [2.24, 2.45) is 5.92 Å². The molecule has 1 N–H and O–H groups in total. The number of nitrogens with zero attached hydrogens (tertiary/aromatic N) is 4. The molecule has 1 saturated heterocycles. The van der Waals surface area contributed by atoms with Crippen LogP contribution in [0, 0.1) is 17.6 Å². The molecular weight excluding hydrogens is 436 g/mol. The summed E-state index contributed by atoms with van der Waals surface area (Å²) in [5, 5.41) is 12.2. The molecule has 4 aromatic rings. The molecule has 1 aliphatic heterocycles. The van der Waals surface area contributed by atoms with Crippen LogP contribution in [-0.4, -0.2) is 45.3 Å². The first-order chi connectivity index (χ1) is 15.3. The molecule has 0 bridgehead atoms. The van der Waals surface area contributed by atoms with Gasteiger partial charge in [0.15, 0.2) is 11.6 Å². The molecule has 5 rings (SSSR count). The van der Waals surface area contributed by atoms with E-state index in [4.69, 9.17) is 0 Å². The maximum atomic E-state index is 14.2. The van der Waals surface area contributed by atoms with E-state index in [1.54, 1.807) is 19.3 Å². The van der Waals surface area contributed by atoms with Gasteiger partial charge in [-0.1, -0.05) is 12.1 Å². The zero-order valence-electron chi connectivity index (χ0n) is 17.2. The molecule has 3 heterocycles. The van der Waals surface area contributed by atoms with E-state index in [0.717, 1.165) is 34.2 Å². The monoisotopic (exact) mass is 457 g/mol. The van der Waals surface area contributed by atoms with Crippen molar-refractivity contribution in [2.75, 3.05) is 6.54 Å². The maximum absolute atomic E-state index is 14.2. The molecule has 2 aromatic carbocycles. The van der Waals surface area contributed by atoms with E-state index in [-0.39, 0.29) is 18.5 Å². The molecule has 10 heteroatoms. The first kappa shape index (κ1) is 20.8. The van der Waals surface area contributed by atoms with Crippen LogP contribution < -0.4 is 0 Å². The normalized spacial score (nSPS) is 19.7. The van der Waals surface area contributed by atoms with Crippen LogP contribution in [0.3, 0.4) is 0 Å². The van der Waals surface area contributed by atoms with Gasteiger partial charge in [-0.15, -0.1) is 0 Å². The van der Waals surface area contributed by atoms with Crippen LogP contribution in [0.5, 0.6) is 0 Å². The standard InChI is InChI=1S/C22H21F2N5O2S/c1-14-7-15(13-29(14)32(30,31)21-4-2-3-19(23)22(21)24)12-28-20-6-5-16(8-17(20)11-27-28)18-9-25-26-10-18/h2-6,8-11,14-15H,7,12-13H2,1H3,(H,25,26)/t14-,15?/m0/s1. The van der Waals surface area contributed by atoms with E-state index < -0.39 is 26.6 Å². The quantitative estimate of drug-likeness (QED) is 0.494. The van der Waals surface area contributed by atoms with Gasteiger partial charge < -0.3 is 0 Å². The number of halogens is 2. The fraction of sp³-hybridized carbons (Fsp3) is 0.273. The molecule has 32 heavy (non-hydrogen) atoms. The molecule has 2 atom stereocenters. The van der Waals surface area contributed by atoms with E-state index in [1.165, 1.54) is 10.4 Å². The zero-order chi connectivity index (χ0) is 22.5. The van der Waals surface area contributed by atoms with Crippen molar-refractivity contribution in [1.29, 1.82) is 0 Å². The minimum atomic E-state index is -4.15. The number of benzene rings is 2. The maximum Gasteiger partial charge on any atom is 0.246 e. The Morgan fingerprint density at radius 3 is 2.78 bits per heavy atom. The topological polar surface area (TPSA) is 83.9 Å². The van der Waals surface area contributed by atoms with E-state index in [1.807, 2.05) is 29.1 Å². The largest absolute Gasteiger partial charge is 0.285 e. The molecule has 0 radical (unpaired) electrons. The lowest BCUT2D eigenvalue weighted by molar-refractivity contribution is 0.391. The highest BCUT2D eigenvalue weighted by atomic mass is 32.2. The van der Waals surface area contributed by atoms with Gasteiger partial charge in [-0.2, -0.15) is 14.5 Å². The molecule has 1 unspecified atom stereocenters. The first-order valence-electron chi connectivity index (χ1n) is 10.2. The molecule has 0 spiro atoms. The number of H-pyrrole nitrogens is 1. The van der Waals surface area contributed by atoms with Crippen LogP contribution in [0.15, 0.2) is 59.9 Å². The lowest BCUT2D eigenvalue weighted by atomic mass is 10.1. The zero-order valence-corrected chi connectivity index (χ0v) is 18.1. The van der Waals surface area contributed by atoms with Crippen LogP contribution in [-0.2, 0) is 16.6 Å². The smallest absolute Gasteiger partial charge is 0.246 e. The van der Waals surface area contributed by atoms with Crippen LogP contribution >= 0.6 is 0 Å². The molecule has 2 aromatic heterocycles.